The van der Waals surface area contributed by atoms with E-state index in [1.165, 1.54) is 4.88 Å². The third-order valence-electron chi connectivity index (χ3n) is 4.28. The molecule has 1 aliphatic rings. The van der Waals surface area contributed by atoms with Crippen molar-refractivity contribution < 1.29 is 4.79 Å². The molecule has 1 aliphatic heterocycles. The summed E-state index contributed by atoms with van der Waals surface area (Å²) in [7, 11) is 0. The molecule has 1 fully saturated rings. The van der Waals surface area contributed by atoms with Gasteiger partial charge in [0.1, 0.15) is 23.0 Å². The van der Waals surface area contributed by atoms with Crippen molar-refractivity contribution in [1.82, 2.24) is 15.3 Å². The summed E-state index contributed by atoms with van der Waals surface area (Å²) in [5, 5.41) is 4.21. The summed E-state index contributed by atoms with van der Waals surface area (Å²) in [4.78, 5) is 26.3. The van der Waals surface area contributed by atoms with E-state index in [1.807, 2.05) is 20.8 Å². The number of amides is 1. The smallest absolute Gasteiger partial charge is 0.243 e. The van der Waals surface area contributed by atoms with E-state index in [2.05, 4.69) is 33.2 Å². The largest absolute Gasteiger partial charge is 0.350 e. The van der Waals surface area contributed by atoms with E-state index in [9.17, 15) is 4.79 Å². The molecule has 1 unspecified atom stereocenters. The molecule has 0 radical (unpaired) electrons. The van der Waals surface area contributed by atoms with E-state index in [-0.39, 0.29) is 17.5 Å². The summed E-state index contributed by atoms with van der Waals surface area (Å²) >= 11 is 1.72. The summed E-state index contributed by atoms with van der Waals surface area (Å²) < 4.78 is 0. The molecule has 0 saturated carbocycles. The van der Waals surface area contributed by atoms with Gasteiger partial charge in [-0.1, -0.05) is 6.92 Å². The molecule has 6 heteroatoms. The molecule has 5 nitrogen and oxygen atoms in total. The van der Waals surface area contributed by atoms with Gasteiger partial charge in [0.15, 0.2) is 0 Å². The van der Waals surface area contributed by atoms with Crippen LogP contribution in [-0.4, -0.2) is 34.0 Å². The van der Waals surface area contributed by atoms with Crippen molar-refractivity contribution in [2.75, 3.05) is 11.4 Å². The molecule has 1 amide bonds. The number of hydrogen-bond acceptors (Lipinski definition) is 5. The minimum Gasteiger partial charge on any atom is -0.350 e. The van der Waals surface area contributed by atoms with E-state index in [0.29, 0.717) is 0 Å². The van der Waals surface area contributed by atoms with Crippen LogP contribution in [-0.2, 0) is 11.2 Å². The van der Waals surface area contributed by atoms with Gasteiger partial charge in [-0.2, -0.15) is 0 Å². The zero-order valence-electron chi connectivity index (χ0n) is 14.9. The molecule has 1 saturated heterocycles. The summed E-state index contributed by atoms with van der Waals surface area (Å²) in [5.74, 6) is 1.00. The van der Waals surface area contributed by atoms with E-state index < -0.39 is 0 Å². The number of aromatic nitrogens is 2. The minimum atomic E-state index is -0.223. The molecule has 1 N–H and O–H groups in total. The van der Waals surface area contributed by atoms with Gasteiger partial charge >= 0.3 is 0 Å². The zero-order valence-corrected chi connectivity index (χ0v) is 15.7. The van der Waals surface area contributed by atoms with Crippen LogP contribution in [0.3, 0.4) is 0 Å². The van der Waals surface area contributed by atoms with Crippen LogP contribution >= 0.6 is 11.3 Å². The van der Waals surface area contributed by atoms with Gasteiger partial charge in [0.2, 0.25) is 5.91 Å². The first-order chi connectivity index (χ1) is 11.4. The van der Waals surface area contributed by atoms with Crippen molar-refractivity contribution in [2.45, 2.75) is 65.0 Å². The van der Waals surface area contributed by atoms with Gasteiger partial charge in [0, 0.05) is 17.0 Å². The maximum Gasteiger partial charge on any atom is 0.243 e. The van der Waals surface area contributed by atoms with Crippen molar-refractivity contribution in [2.24, 2.45) is 0 Å². The first-order valence-corrected chi connectivity index (χ1v) is 9.53. The van der Waals surface area contributed by atoms with Gasteiger partial charge < -0.3 is 10.2 Å². The van der Waals surface area contributed by atoms with E-state index in [4.69, 9.17) is 0 Å². The lowest BCUT2D eigenvalue weighted by Crippen LogP contribution is -2.54. The SMILES string of the molecule is CCc1cc2c(N3CCCCC3C(=O)NC(C)(C)C)ncnc2s1. The third-order valence-corrected chi connectivity index (χ3v) is 5.47. The first kappa shape index (κ1) is 17.1. The Kier molecular flexibility index (Phi) is 4.76. The summed E-state index contributed by atoms with van der Waals surface area (Å²) in [6, 6.07) is 2.03. The topological polar surface area (TPSA) is 58.1 Å². The fourth-order valence-electron chi connectivity index (χ4n) is 3.21. The number of hydrogen-bond donors (Lipinski definition) is 1. The Morgan fingerprint density at radius 3 is 2.88 bits per heavy atom. The second-order valence-electron chi connectivity index (χ2n) is 7.43. The monoisotopic (exact) mass is 346 g/mol. The van der Waals surface area contributed by atoms with Crippen molar-refractivity contribution in [1.29, 1.82) is 0 Å². The van der Waals surface area contributed by atoms with Crippen LogP contribution in [0, 0.1) is 0 Å². The maximum atomic E-state index is 12.8. The van der Waals surface area contributed by atoms with E-state index >= 15 is 0 Å². The van der Waals surface area contributed by atoms with Gasteiger partial charge in [-0.25, -0.2) is 9.97 Å². The Hall–Kier alpha value is -1.69. The zero-order chi connectivity index (χ0) is 17.3. The van der Waals surface area contributed by atoms with Crippen LogP contribution < -0.4 is 10.2 Å². The Balaban J connectivity index is 1.96. The summed E-state index contributed by atoms with van der Waals surface area (Å²) in [6.45, 7) is 9.08. The Bertz CT molecular complexity index is 734. The first-order valence-electron chi connectivity index (χ1n) is 8.71. The molecule has 3 heterocycles. The van der Waals surface area contributed by atoms with Crippen LogP contribution in [0.25, 0.3) is 10.2 Å². The maximum absolute atomic E-state index is 12.8. The van der Waals surface area contributed by atoms with Crippen LogP contribution in [0.5, 0.6) is 0 Å². The third kappa shape index (κ3) is 3.53. The average Bonchev–Trinajstić information content (AvgIpc) is 2.96. The van der Waals surface area contributed by atoms with Gasteiger partial charge in [0.05, 0.1) is 5.39 Å². The lowest BCUT2D eigenvalue weighted by Gasteiger charge is -2.37. The highest BCUT2D eigenvalue weighted by atomic mass is 32.1. The number of aryl methyl sites for hydroxylation is 1. The van der Waals surface area contributed by atoms with Crippen LogP contribution in [0.2, 0.25) is 0 Å². The molecule has 0 spiro atoms. The van der Waals surface area contributed by atoms with Crippen LogP contribution in [0.15, 0.2) is 12.4 Å². The van der Waals surface area contributed by atoms with Crippen molar-refractivity contribution in [3.63, 3.8) is 0 Å². The fraction of sp³-hybridized carbons (Fsp3) is 0.611. The number of piperidine rings is 1. The molecule has 0 bridgehead atoms. The van der Waals surface area contributed by atoms with Gasteiger partial charge in [-0.15, -0.1) is 11.3 Å². The van der Waals surface area contributed by atoms with Gasteiger partial charge in [0.25, 0.3) is 0 Å². The summed E-state index contributed by atoms with van der Waals surface area (Å²) in [6.07, 6.45) is 5.67. The number of carbonyl (C=O) groups is 1. The Labute approximate surface area is 147 Å². The molecule has 2 aromatic rings. The quantitative estimate of drug-likeness (QED) is 0.924. The van der Waals surface area contributed by atoms with E-state index in [1.54, 1.807) is 17.7 Å². The molecular weight excluding hydrogens is 320 g/mol. The number of carbonyl (C=O) groups excluding carboxylic acids is 1. The minimum absolute atomic E-state index is 0.0971. The number of anilines is 1. The molecule has 2 aromatic heterocycles. The fourth-order valence-corrected chi connectivity index (χ4v) is 4.14. The van der Waals surface area contributed by atoms with Crippen LogP contribution in [0.4, 0.5) is 5.82 Å². The number of nitrogens with zero attached hydrogens (tertiary/aromatic N) is 3. The molecule has 3 rings (SSSR count). The van der Waals surface area contributed by atoms with Crippen molar-refractivity contribution >= 4 is 33.3 Å². The highest BCUT2D eigenvalue weighted by molar-refractivity contribution is 7.18. The van der Waals surface area contributed by atoms with Crippen LogP contribution in [0.1, 0.15) is 51.8 Å². The van der Waals surface area contributed by atoms with Gasteiger partial charge in [-0.05, 0) is 52.5 Å². The lowest BCUT2D eigenvalue weighted by atomic mass is 9.99. The number of rotatable bonds is 3. The molecule has 24 heavy (non-hydrogen) atoms. The van der Waals surface area contributed by atoms with Gasteiger partial charge in [-0.3, -0.25) is 4.79 Å². The average molecular weight is 347 g/mol. The standard InChI is InChI=1S/C18H26N4OS/c1-5-12-10-13-15(19-11-20-17(13)24-12)22-9-7-6-8-14(22)16(23)21-18(2,3)4/h10-11,14H,5-9H2,1-4H3,(H,21,23). The Morgan fingerprint density at radius 1 is 1.38 bits per heavy atom. The highest BCUT2D eigenvalue weighted by Gasteiger charge is 2.32. The van der Waals surface area contributed by atoms with E-state index in [0.717, 1.165) is 48.3 Å². The second kappa shape index (κ2) is 6.67. The number of thiophene rings is 1. The molecule has 0 aliphatic carbocycles. The molecule has 0 aromatic carbocycles. The predicted octanol–water partition coefficient (Wildman–Crippen LogP) is 3.53. The molecule has 130 valence electrons. The molecule has 1 atom stereocenters. The van der Waals surface area contributed by atoms with Crippen molar-refractivity contribution in [3.8, 4) is 0 Å². The van der Waals surface area contributed by atoms with Crippen molar-refractivity contribution in [3.05, 3.63) is 17.3 Å². The Morgan fingerprint density at radius 2 is 2.17 bits per heavy atom. The highest BCUT2D eigenvalue weighted by Crippen LogP contribution is 2.33. The number of nitrogens with one attached hydrogen (secondary N) is 1. The predicted molar refractivity (Wildman–Crippen MR) is 99.7 cm³/mol. The number of fused-ring (bicyclic) bond motifs is 1. The molecular formula is C18H26N4OS. The lowest BCUT2D eigenvalue weighted by molar-refractivity contribution is -0.124. The normalized spacial score (nSPS) is 18.8. The summed E-state index contributed by atoms with van der Waals surface area (Å²) in [5.41, 5.74) is -0.223. The second-order valence-corrected chi connectivity index (χ2v) is 8.54.